The zero-order valence-electron chi connectivity index (χ0n) is 9.09. The van der Waals surface area contributed by atoms with Crippen LogP contribution in [0.4, 0.5) is 5.82 Å². The smallest absolute Gasteiger partial charge is 0.254 e. The van der Waals surface area contributed by atoms with Crippen LogP contribution in [0, 0.1) is 0 Å². The van der Waals surface area contributed by atoms with Gasteiger partial charge in [0.25, 0.3) is 5.91 Å². The van der Waals surface area contributed by atoms with E-state index in [1.54, 1.807) is 11.3 Å². The van der Waals surface area contributed by atoms with Crippen LogP contribution in [0.3, 0.4) is 0 Å². The number of fused-ring (bicyclic) bond motifs is 1. The third-order valence-electron chi connectivity index (χ3n) is 2.99. The first-order valence-corrected chi connectivity index (χ1v) is 6.35. The molecule has 0 radical (unpaired) electrons. The molecular weight excluding hydrogens is 236 g/mol. The van der Waals surface area contributed by atoms with E-state index in [0.717, 1.165) is 18.8 Å². The standard InChI is InChI=1S/C11H12N4OS/c12-10(16)8-5-14-15-9(1-3-13-11(8)15)7-2-4-17-6-7/h2,4-6,9,13H,1,3H2,(H2,12,16). The number of thiophene rings is 1. The minimum atomic E-state index is -0.440. The van der Waals surface area contributed by atoms with Gasteiger partial charge in [0.05, 0.1) is 12.2 Å². The Kier molecular flexibility index (Phi) is 2.36. The van der Waals surface area contributed by atoms with Crippen molar-refractivity contribution in [1.82, 2.24) is 9.78 Å². The molecule has 1 unspecified atom stereocenters. The average molecular weight is 248 g/mol. The summed E-state index contributed by atoms with van der Waals surface area (Å²) >= 11 is 1.67. The third-order valence-corrected chi connectivity index (χ3v) is 3.70. The highest BCUT2D eigenvalue weighted by atomic mass is 32.1. The van der Waals surface area contributed by atoms with Crippen LogP contribution in [0.15, 0.2) is 23.0 Å². The van der Waals surface area contributed by atoms with Crippen molar-refractivity contribution in [3.8, 4) is 0 Å². The van der Waals surface area contributed by atoms with E-state index in [1.165, 1.54) is 11.8 Å². The Morgan fingerprint density at radius 3 is 3.24 bits per heavy atom. The first-order valence-electron chi connectivity index (χ1n) is 5.40. The van der Waals surface area contributed by atoms with Gasteiger partial charge in [0.2, 0.25) is 0 Å². The number of hydrogen-bond donors (Lipinski definition) is 2. The third kappa shape index (κ3) is 1.61. The number of hydrogen-bond acceptors (Lipinski definition) is 4. The predicted octanol–water partition coefficient (Wildman–Crippen LogP) is 1.45. The van der Waals surface area contributed by atoms with Gasteiger partial charge in [0.1, 0.15) is 11.4 Å². The Bertz CT molecular complexity index is 546. The van der Waals surface area contributed by atoms with E-state index in [0.29, 0.717) is 5.56 Å². The van der Waals surface area contributed by atoms with Crippen molar-refractivity contribution in [2.75, 3.05) is 11.9 Å². The number of carbonyl (C=O) groups is 1. The molecule has 0 saturated heterocycles. The Hall–Kier alpha value is -1.82. The van der Waals surface area contributed by atoms with Crippen LogP contribution in [0.1, 0.15) is 28.4 Å². The maximum absolute atomic E-state index is 11.3. The summed E-state index contributed by atoms with van der Waals surface area (Å²) in [6.45, 7) is 0.826. The molecule has 3 N–H and O–H groups in total. The van der Waals surface area contributed by atoms with Crippen LogP contribution in [-0.2, 0) is 0 Å². The van der Waals surface area contributed by atoms with E-state index < -0.39 is 5.91 Å². The predicted molar refractivity (Wildman–Crippen MR) is 66.3 cm³/mol. The molecule has 1 atom stereocenters. The summed E-state index contributed by atoms with van der Waals surface area (Å²) in [6.07, 6.45) is 2.50. The highest BCUT2D eigenvalue weighted by Crippen LogP contribution is 2.31. The van der Waals surface area contributed by atoms with Crippen molar-refractivity contribution in [2.45, 2.75) is 12.5 Å². The van der Waals surface area contributed by atoms with Crippen LogP contribution in [-0.4, -0.2) is 22.2 Å². The van der Waals surface area contributed by atoms with Crippen LogP contribution < -0.4 is 11.1 Å². The molecule has 6 heteroatoms. The second kappa shape index (κ2) is 3.89. The molecular formula is C11H12N4OS. The SMILES string of the molecule is NC(=O)c1cnn2c1NCCC2c1ccsc1. The van der Waals surface area contributed by atoms with Gasteiger partial charge in [-0.05, 0) is 28.8 Å². The fourth-order valence-electron chi connectivity index (χ4n) is 2.18. The molecule has 1 aliphatic rings. The Labute approximate surface area is 102 Å². The van der Waals surface area contributed by atoms with Gasteiger partial charge in [-0.15, -0.1) is 0 Å². The lowest BCUT2D eigenvalue weighted by Crippen LogP contribution is -2.25. The summed E-state index contributed by atoms with van der Waals surface area (Å²) in [4.78, 5) is 11.3. The number of rotatable bonds is 2. The van der Waals surface area contributed by atoms with Crippen LogP contribution in [0.2, 0.25) is 0 Å². The number of nitrogens with zero attached hydrogens (tertiary/aromatic N) is 2. The fourth-order valence-corrected chi connectivity index (χ4v) is 2.88. The molecule has 0 bridgehead atoms. The minimum Gasteiger partial charge on any atom is -0.369 e. The van der Waals surface area contributed by atoms with E-state index in [4.69, 9.17) is 5.73 Å². The maximum Gasteiger partial charge on any atom is 0.254 e. The van der Waals surface area contributed by atoms with Crippen molar-refractivity contribution in [3.63, 3.8) is 0 Å². The molecule has 1 amide bonds. The fraction of sp³-hybridized carbons (Fsp3) is 0.273. The van der Waals surface area contributed by atoms with Crippen LogP contribution in [0.25, 0.3) is 0 Å². The minimum absolute atomic E-state index is 0.200. The summed E-state index contributed by atoms with van der Waals surface area (Å²) in [7, 11) is 0. The lowest BCUT2D eigenvalue weighted by atomic mass is 10.1. The van der Waals surface area contributed by atoms with E-state index in [2.05, 4.69) is 27.2 Å². The van der Waals surface area contributed by atoms with Crippen molar-refractivity contribution >= 4 is 23.1 Å². The first kappa shape index (κ1) is 10.3. The Morgan fingerprint density at radius 2 is 2.53 bits per heavy atom. The second-order valence-corrected chi connectivity index (χ2v) is 4.78. The van der Waals surface area contributed by atoms with Gasteiger partial charge in [0.15, 0.2) is 0 Å². The van der Waals surface area contributed by atoms with Crippen LogP contribution in [0.5, 0.6) is 0 Å². The molecule has 0 fully saturated rings. The molecule has 88 valence electrons. The topological polar surface area (TPSA) is 72.9 Å². The van der Waals surface area contributed by atoms with E-state index in [-0.39, 0.29) is 6.04 Å². The molecule has 0 aliphatic carbocycles. The van der Waals surface area contributed by atoms with Gasteiger partial charge in [-0.25, -0.2) is 4.68 Å². The van der Waals surface area contributed by atoms with E-state index in [1.807, 2.05) is 4.68 Å². The number of amides is 1. The molecule has 2 aromatic heterocycles. The number of nitrogens with two attached hydrogens (primary N) is 1. The number of nitrogens with one attached hydrogen (secondary N) is 1. The summed E-state index contributed by atoms with van der Waals surface area (Å²) in [5.41, 5.74) is 7.01. The molecule has 0 saturated carbocycles. The monoisotopic (exact) mass is 248 g/mol. The van der Waals surface area contributed by atoms with Crippen molar-refractivity contribution in [1.29, 1.82) is 0 Å². The van der Waals surface area contributed by atoms with Crippen molar-refractivity contribution in [3.05, 3.63) is 34.2 Å². The van der Waals surface area contributed by atoms with Gasteiger partial charge in [-0.3, -0.25) is 4.79 Å². The van der Waals surface area contributed by atoms with Crippen molar-refractivity contribution < 1.29 is 4.79 Å². The summed E-state index contributed by atoms with van der Waals surface area (Å²) in [5.74, 6) is 0.296. The Morgan fingerprint density at radius 1 is 1.65 bits per heavy atom. The van der Waals surface area contributed by atoms with Gasteiger partial charge in [-0.1, -0.05) is 0 Å². The van der Waals surface area contributed by atoms with Crippen LogP contribution >= 0.6 is 11.3 Å². The molecule has 0 aromatic carbocycles. The second-order valence-electron chi connectivity index (χ2n) is 4.00. The van der Waals surface area contributed by atoms with E-state index in [9.17, 15) is 4.79 Å². The zero-order chi connectivity index (χ0) is 11.8. The molecule has 3 heterocycles. The average Bonchev–Trinajstić information content (AvgIpc) is 2.97. The first-order chi connectivity index (χ1) is 8.27. The van der Waals surface area contributed by atoms with Gasteiger partial charge in [-0.2, -0.15) is 16.4 Å². The lowest BCUT2D eigenvalue weighted by Gasteiger charge is -2.25. The highest BCUT2D eigenvalue weighted by molar-refractivity contribution is 7.07. The largest absolute Gasteiger partial charge is 0.369 e. The summed E-state index contributed by atoms with van der Waals surface area (Å²) in [5, 5.41) is 11.6. The molecule has 5 nitrogen and oxygen atoms in total. The summed E-state index contributed by atoms with van der Waals surface area (Å²) < 4.78 is 1.85. The van der Waals surface area contributed by atoms with Gasteiger partial charge < -0.3 is 11.1 Å². The number of aromatic nitrogens is 2. The normalized spacial score (nSPS) is 18.5. The quantitative estimate of drug-likeness (QED) is 0.844. The van der Waals surface area contributed by atoms with Crippen molar-refractivity contribution in [2.24, 2.45) is 5.73 Å². The molecule has 0 spiro atoms. The molecule has 17 heavy (non-hydrogen) atoms. The lowest BCUT2D eigenvalue weighted by molar-refractivity contribution is 0.100. The zero-order valence-corrected chi connectivity index (χ0v) is 9.91. The van der Waals surface area contributed by atoms with E-state index >= 15 is 0 Å². The number of anilines is 1. The highest BCUT2D eigenvalue weighted by Gasteiger charge is 2.26. The van der Waals surface area contributed by atoms with Gasteiger partial charge >= 0.3 is 0 Å². The Balaban J connectivity index is 2.06. The number of primary amides is 1. The molecule has 3 rings (SSSR count). The maximum atomic E-state index is 11.3. The summed E-state index contributed by atoms with van der Waals surface area (Å²) in [6, 6.07) is 2.29. The number of carbonyl (C=O) groups excluding carboxylic acids is 1. The molecule has 1 aliphatic heterocycles. The molecule has 2 aromatic rings. The van der Waals surface area contributed by atoms with Gasteiger partial charge in [0, 0.05) is 6.54 Å².